The molecule has 0 saturated carbocycles. The second-order valence-corrected chi connectivity index (χ2v) is 10.7. The number of carbonyl (C=O) groups is 3. The number of likely N-dealkylation sites (N-methyl/N-ethyl adjacent to an activating group) is 2. The van der Waals surface area contributed by atoms with Crippen LogP contribution in [0.15, 0.2) is 30.6 Å². The van der Waals surface area contributed by atoms with Crippen molar-refractivity contribution in [3.05, 3.63) is 36.2 Å². The Bertz CT molecular complexity index is 1630. The maximum atomic E-state index is 12.5. The summed E-state index contributed by atoms with van der Waals surface area (Å²) < 4.78 is 11.4. The average molecular weight is 649 g/mol. The number of anilines is 3. The van der Waals surface area contributed by atoms with Crippen LogP contribution in [-0.4, -0.2) is 113 Å². The van der Waals surface area contributed by atoms with Crippen LogP contribution in [0.1, 0.15) is 45.6 Å². The Labute approximate surface area is 275 Å². The van der Waals surface area contributed by atoms with E-state index >= 15 is 0 Å². The third-order valence-electron chi connectivity index (χ3n) is 6.75. The second-order valence-electron chi connectivity index (χ2n) is 10.7. The van der Waals surface area contributed by atoms with Crippen LogP contribution in [0.4, 0.5) is 22.2 Å². The van der Waals surface area contributed by atoms with Crippen LogP contribution in [0, 0.1) is 11.8 Å². The first kappa shape index (κ1) is 36.2. The number of unbranched alkanes of at least 4 members (excludes halogenated alkanes) is 1. The van der Waals surface area contributed by atoms with Crippen LogP contribution < -0.4 is 20.7 Å². The third-order valence-corrected chi connectivity index (χ3v) is 6.75. The molecule has 0 fully saturated rings. The average Bonchev–Trinajstić information content (AvgIpc) is 3.43. The fourth-order valence-electron chi connectivity index (χ4n) is 4.09. The lowest BCUT2D eigenvalue weighted by Gasteiger charge is -2.23. The molecule has 0 spiro atoms. The molecule has 3 N–H and O–H groups in total. The van der Waals surface area contributed by atoms with Crippen LogP contribution in [0.25, 0.3) is 11.0 Å². The molecular formula is C32H44N10O5. The number of nitrogens with one attached hydrogen (secondary N) is 3. The summed E-state index contributed by atoms with van der Waals surface area (Å²) in [4.78, 5) is 53.9. The second kappa shape index (κ2) is 18.1. The zero-order valence-electron chi connectivity index (χ0n) is 28.1. The minimum absolute atomic E-state index is 0.199. The summed E-state index contributed by atoms with van der Waals surface area (Å²) in [6.07, 6.45) is 7.82. The van der Waals surface area contributed by atoms with Gasteiger partial charge < -0.3 is 35.2 Å². The van der Waals surface area contributed by atoms with Crippen molar-refractivity contribution in [2.75, 3.05) is 65.1 Å². The van der Waals surface area contributed by atoms with Crippen LogP contribution in [0.5, 0.6) is 5.88 Å². The van der Waals surface area contributed by atoms with Gasteiger partial charge in [0.05, 0.1) is 42.7 Å². The Morgan fingerprint density at radius 1 is 1.13 bits per heavy atom. The molecule has 0 aliphatic carbocycles. The molecule has 0 aliphatic heterocycles. The molecule has 1 atom stereocenters. The molecule has 3 aromatic heterocycles. The molecule has 3 aromatic rings. The first-order chi connectivity index (χ1) is 22.6. The SMILES string of the molecule is CCCNc1nc(Nc2cnc3c(c2)c(OC)nn3C(=O)OCC)ncc1C#CCCCNC(=O)[C@H](C)N(C)C(=O)C=CCN(C)C. The molecule has 0 unspecified atom stereocenters. The van der Waals surface area contributed by atoms with Crippen LogP contribution in [0.3, 0.4) is 0 Å². The van der Waals surface area contributed by atoms with Crippen molar-refractivity contribution in [2.24, 2.45) is 0 Å². The maximum Gasteiger partial charge on any atom is 0.436 e. The van der Waals surface area contributed by atoms with Crippen molar-refractivity contribution in [1.82, 2.24) is 39.8 Å². The van der Waals surface area contributed by atoms with E-state index in [0.717, 1.165) is 11.1 Å². The summed E-state index contributed by atoms with van der Waals surface area (Å²) in [6, 6.07) is 1.13. The van der Waals surface area contributed by atoms with Crippen LogP contribution in [-0.2, 0) is 14.3 Å². The van der Waals surface area contributed by atoms with Crippen molar-refractivity contribution in [3.8, 4) is 17.7 Å². The van der Waals surface area contributed by atoms with Crippen molar-refractivity contribution in [1.29, 1.82) is 0 Å². The summed E-state index contributed by atoms with van der Waals surface area (Å²) in [5, 5.41) is 14.0. The highest BCUT2D eigenvalue weighted by atomic mass is 16.6. The van der Waals surface area contributed by atoms with Gasteiger partial charge in [0, 0.05) is 39.2 Å². The number of methoxy groups -OCH3 is 1. The van der Waals surface area contributed by atoms with E-state index in [9.17, 15) is 14.4 Å². The van der Waals surface area contributed by atoms with Crippen molar-refractivity contribution < 1.29 is 23.9 Å². The Morgan fingerprint density at radius 2 is 1.91 bits per heavy atom. The van der Waals surface area contributed by atoms with E-state index in [4.69, 9.17) is 9.47 Å². The molecule has 252 valence electrons. The molecule has 0 aliphatic rings. The molecule has 3 rings (SSSR count). The predicted molar refractivity (Wildman–Crippen MR) is 180 cm³/mol. The number of nitrogens with zero attached hydrogens (tertiary/aromatic N) is 7. The van der Waals surface area contributed by atoms with Crippen molar-refractivity contribution in [3.63, 3.8) is 0 Å². The van der Waals surface area contributed by atoms with Crippen LogP contribution in [0.2, 0.25) is 0 Å². The topological polar surface area (TPSA) is 169 Å². The summed E-state index contributed by atoms with van der Waals surface area (Å²) in [6.45, 7) is 7.41. The zero-order valence-corrected chi connectivity index (χ0v) is 28.1. The molecule has 0 saturated heterocycles. The molecule has 0 bridgehead atoms. The van der Waals surface area contributed by atoms with Gasteiger partial charge in [-0.2, -0.15) is 4.98 Å². The molecule has 15 heteroatoms. The normalized spacial score (nSPS) is 11.6. The zero-order chi connectivity index (χ0) is 34.3. The Morgan fingerprint density at radius 3 is 2.62 bits per heavy atom. The van der Waals surface area contributed by atoms with E-state index < -0.39 is 12.1 Å². The summed E-state index contributed by atoms with van der Waals surface area (Å²) in [5.74, 6) is 6.92. The maximum absolute atomic E-state index is 12.5. The van der Waals surface area contributed by atoms with Gasteiger partial charge in [-0.1, -0.05) is 24.8 Å². The lowest BCUT2D eigenvalue weighted by atomic mass is 10.2. The largest absolute Gasteiger partial charge is 0.479 e. The highest BCUT2D eigenvalue weighted by Crippen LogP contribution is 2.27. The monoisotopic (exact) mass is 648 g/mol. The van der Waals surface area contributed by atoms with E-state index in [1.807, 2.05) is 25.9 Å². The number of pyridine rings is 1. The number of hydrogen-bond donors (Lipinski definition) is 3. The lowest BCUT2D eigenvalue weighted by molar-refractivity contribution is -0.135. The molecule has 0 radical (unpaired) electrons. The van der Waals surface area contributed by atoms with E-state index in [2.05, 4.69) is 47.8 Å². The fraction of sp³-hybridized carbons (Fsp3) is 0.469. The standard InChI is InChI=1S/C32H44N10O5/c1-8-16-33-27-23(14-11-10-12-17-34-29(44)22(3)41(6)26(43)15-13-18-40(4)5)20-36-31(38-27)37-24-19-25-28(35-21-24)42(32(45)47-9-2)39-30(25)46-7/h13,15,19-22H,8-10,12,16-18H2,1-7H3,(H,34,44)(H2,33,36,37,38)/t22-/m0/s1. The van der Waals surface area contributed by atoms with Gasteiger partial charge in [0.2, 0.25) is 23.6 Å². The van der Waals surface area contributed by atoms with Gasteiger partial charge in [-0.3, -0.25) is 9.59 Å². The fourth-order valence-corrected chi connectivity index (χ4v) is 4.09. The minimum atomic E-state index is -0.652. The van der Waals surface area contributed by atoms with Gasteiger partial charge in [-0.15, -0.1) is 9.78 Å². The minimum Gasteiger partial charge on any atom is -0.479 e. The first-order valence-electron chi connectivity index (χ1n) is 15.4. The number of fused-ring (bicyclic) bond motifs is 1. The summed E-state index contributed by atoms with van der Waals surface area (Å²) >= 11 is 0. The van der Waals surface area contributed by atoms with Gasteiger partial charge in [0.15, 0.2) is 5.65 Å². The Kier molecular flexibility index (Phi) is 13.9. The van der Waals surface area contributed by atoms with Gasteiger partial charge >= 0.3 is 6.09 Å². The molecular weight excluding hydrogens is 604 g/mol. The summed E-state index contributed by atoms with van der Waals surface area (Å²) in [5.41, 5.74) is 1.49. The number of aromatic nitrogens is 5. The molecule has 0 aromatic carbocycles. The van der Waals surface area contributed by atoms with Gasteiger partial charge in [-0.25, -0.2) is 14.8 Å². The predicted octanol–water partition coefficient (Wildman–Crippen LogP) is 3.01. The first-order valence-corrected chi connectivity index (χ1v) is 15.4. The smallest absolute Gasteiger partial charge is 0.436 e. The van der Waals surface area contributed by atoms with E-state index in [1.54, 1.807) is 39.2 Å². The van der Waals surface area contributed by atoms with Gasteiger partial charge in [0.1, 0.15) is 11.9 Å². The quantitative estimate of drug-likeness (QED) is 0.125. The number of rotatable bonds is 15. The number of amides is 2. The van der Waals surface area contributed by atoms with Crippen LogP contribution >= 0.6 is 0 Å². The third kappa shape index (κ3) is 10.4. The summed E-state index contributed by atoms with van der Waals surface area (Å²) in [7, 11) is 6.90. The van der Waals surface area contributed by atoms with Crippen molar-refractivity contribution in [2.45, 2.75) is 46.1 Å². The number of hydrogen-bond acceptors (Lipinski definition) is 12. The Hall–Kier alpha value is -5.23. The lowest BCUT2D eigenvalue weighted by Crippen LogP contribution is -2.45. The van der Waals surface area contributed by atoms with E-state index in [-0.39, 0.29) is 24.3 Å². The molecule has 47 heavy (non-hydrogen) atoms. The number of ether oxygens (including phenoxy) is 2. The molecule has 15 nitrogen and oxygen atoms in total. The molecule has 3 heterocycles. The van der Waals surface area contributed by atoms with Gasteiger partial charge in [-0.05, 0) is 46.9 Å². The highest BCUT2D eigenvalue weighted by molar-refractivity contribution is 5.92. The Balaban J connectivity index is 1.61. The highest BCUT2D eigenvalue weighted by Gasteiger charge is 2.21. The van der Waals surface area contributed by atoms with E-state index in [0.29, 0.717) is 66.5 Å². The van der Waals surface area contributed by atoms with Gasteiger partial charge in [0.25, 0.3) is 0 Å². The number of carbonyl (C=O) groups excluding carboxylic acids is 3. The van der Waals surface area contributed by atoms with E-state index in [1.165, 1.54) is 24.3 Å². The molecule has 2 amide bonds. The van der Waals surface area contributed by atoms with Crippen molar-refractivity contribution >= 4 is 46.4 Å².